The summed E-state index contributed by atoms with van der Waals surface area (Å²) in [5, 5.41) is 0. The summed E-state index contributed by atoms with van der Waals surface area (Å²) in [7, 11) is 0. The van der Waals surface area contributed by atoms with Crippen LogP contribution in [-0.2, 0) is 4.74 Å². The summed E-state index contributed by atoms with van der Waals surface area (Å²) >= 11 is 0. The smallest absolute Gasteiger partial charge is 0.491 e. The highest BCUT2D eigenvalue weighted by Crippen LogP contribution is 2.29. The molecule has 8 heteroatoms. The molecule has 0 fully saturated rings. The van der Waals surface area contributed by atoms with Crippen molar-refractivity contribution < 1.29 is 27.4 Å². The standard InChI is InChI=1S/C25H29F3N2O3.C2H2/c1-4-6-8-21(33-25(26,27)28)11-9-19(3)20-10-12-23-22(18-20)24(31)30(16-17-32-23)15-14-29-13-7-5-2;1-2/h4-5,7-13,18-19H,1,6,14-17H2,2-3H3;1-2H/b7-5-,11-9-,21-8+,29-13?;. The average molecular weight is 489 g/mol. The second-order valence-electron chi connectivity index (χ2n) is 7.30. The molecule has 0 saturated carbocycles. The third-order valence-electron chi connectivity index (χ3n) is 4.82. The Kier molecular flexibility index (Phi) is 12.7. The van der Waals surface area contributed by atoms with Crippen LogP contribution in [0.25, 0.3) is 0 Å². The van der Waals surface area contributed by atoms with E-state index in [0.29, 0.717) is 37.6 Å². The van der Waals surface area contributed by atoms with Gasteiger partial charge in [-0.1, -0.05) is 31.2 Å². The molecule has 0 aromatic heterocycles. The van der Waals surface area contributed by atoms with Gasteiger partial charge in [0.05, 0.1) is 18.7 Å². The van der Waals surface area contributed by atoms with Crippen molar-refractivity contribution in [2.75, 3.05) is 26.2 Å². The monoisotopic (exact) mass is 488 g/mol. The third kappa shape index (κ3) is 10.4. The van der Waals surface area contributed by atoms with Gasteiger partial charge >= 0.3 is 6.36 Å². The molecule has 1 aromatic rings. The highest BCUT2D eigenvalue weighted by Gasteiger charge is 2.31. The SMILES string of the molecule is C#C.C=CC/C=C(\C=C/C(C)c1ccc2c(c1)C(=O)N(CCN=C/C=C\C)CCO2)OC(F)(F)F. The molecule has 0 N–H and O–H groups in total. The summed E-state index contributed by atoms with van der Waals surface area (Å²) in [4.78, 5) is 19.0. The van der Waals surface area contributed by atoms with E-state index in [1.807, 2.05) is 26.0 Å². The Bertz CT molecular complexity index is 976. The van der Waals surface area contributed by atoms with Crippen molar-refractivity contribution >= 4 is 12.1 Å². The Morgan fingerprint density at radius 2 is 2.11 bits per heavy atom. The highest BCUT2D eigenvalue weighted by atomic mass is 19.4. The topological polar surface area (TPSA) is 51.1 Å². The minimum absolute atomic E-state index is 0.159. The van der Waals surface area contributed by atoms with Gasteiger partial charge in [0.1, 0.15) is 18.1 Å². The summed E-state index contributed by atoms with van der Waals surface area (Å²) in [6.45, 7) is 8.98. The maximum absolute atomic E-state index is 13.1. The number of alkyl halides is 3. The zero-order valence-electron chi connectivity index (χ0n) is 20.0. The van der Waals surface area contributed by atoms with E-state index < -0.39 is 6.36 Å². The number of carbonyl (C=O) groups is 1. The van der Waals surface area contributed by atoms with E-state index in [0.717, 1.165) is 5.56 Å². The average Bonchev–Trinajstić information content (AvgIpc) is 2.99. The van der Waals surface area contributed by atoms with Crippen LogP contribution in [0.15, 0.2) is 72.0 Å². The quantitative estimate of drug-likeness (QED) is 0.132. The number of aliphatic imine (C=N–C) groups is 1. The Morgan fingerprint density at radius 1 is 1.37 bits per heavy atom. The normalized spacial score (nSPS) is 15.3. The molecule has 0 bridgehead atoms. The van der Waals surface area contributed by atoms with Crippen LogP contribution in [0.4, 0.5) is 13.2 Å². The molecule has 1 atom stereocenters. The minimum atomic E-state index is -4.78. The van der Waals surface area contributed by atoms with Crippen LogP contribution in [-0.4, -0.2) is 49.6 Å². The first-order valence-electron chi connectivity index (χ1n) is 11.0. The molecule has 1 heterocycles. The number of rotatable bonds is 10. The lowest BCUT2D eigenvalue weighted by atomic mass is 9.97. The molecule has 2 rings (SSSR count). The largest absolute Gasteiger partial charge is 0.573 e. The number of nitrogens with zero attached hydrogens (tertiary/aromatic N) is 2. The van der Waals surface area contributed by atoms with Gasteiger partial charge < -0.3 is 14.4 Å². The second-order valence-corrected chi connectivity index (χ2v) is 7.30. The fourth-order valence-corrected chi connectivity index (χ4v) is 3.10. The number of hydrogen-bond acceptors (Lipinski definition) is 4. The Balaban J connectivity index is 0.00000298. The molecule has 1 aliphatic heterocycles. The molecule has 1 aromatic carbocycles. The van der Waals surface area contributed by atoms with Crippen LogP contribution in [0.2, 0.25) is 0 Å². The van der Waals surface area contributed by atoms with Crippen molar-refractivity contribution in [1.82, 2.24) is 4.90 Å². The number of terminal acetylenes is 1. The van der Waals surface area contributed by atoms with Crippen LogP contribution in [0.3, 0.4) is 0 Å². The molecule has 0 aliphatic carbocycles. The predicted octanol–water partition coefficient (Wildman–Crippen LogP) is 6.07. The first-order chi connectivity index (χ1) is 16.7. The molecule has 0 saturated heterocycles. The van der Waals surface area contributed by atoms with E-state index >= 15 is 0 Å². The Morgan fingerprint density at radius 3 is 2.77 bits per heavy atom. The van der Waals surface area contributed by atoms with Crippen LogP contribution in [0, 0.1) is 12.8 Å². The molecule has 0 radical (unpaired) electrons. The van der Waals surface area contributed by atoms with Gasteiger partial charge in [-0.25, -0.2) is 0 Å². The minimum Gasteiger partial charge on any atom is -0.491 e. The second kappa shape index (κ2) is 15.2. The molecular weight excluding hydrogens is 457 g/mol. The van der Waals surface area contributed by atoms with E-state index in [9.17, 15) is 18.0 Å². The van der Waals surface area contributed by atoms with Gasteiger partial charge in [0.2, 0.25) is 0 Å². The number of fused-ring (bicyclic) bond motifs is 1. The fraction of sp³-hybridized carbons (Fsp3) is 0.333. The Labute approximate surface area is 205 Å². The van der Waals surface area contributed by atoms with Gasteiger partial charge in [-0.2, -0.15) is 0 Å². The number of allylic oxidation sites excluding steroid dienone is 6. The Hall–Kier alpha value is -3.73. The maximum Gasteiger partial charge on any atom is 0.573 e. The first kappa shape index (κ1) is 29.3. The molecule has 1 unspecified atom stereocenters. The van der Waals surface area contributed by atoms with Crippen LogP contribution < -0.4 is 4.74 Å². The van der Waals surface area contributed by atoms with Gasteiger partial charge in [0.25, 0.3) is 5.91 Å². The molecule has 0 spiro atoms. The summed E-state index contributed by atoms with van der Waals surface area (Å²) < 4.78 is 47.7. The van der Waals surface area contributed by atoms with Crippen molar-refractivity contribution in [2.24, 2.45) is 4.99 Å². The van der Waals surface area contributed by atoms with Crippen molar-refractivity contribution in [1.29, 1.82) is 0 Å². The lowest BCUT2D eigenvalue weighted by Gasteiger charge is -2.19. The van der Waals surface area contributed by atoms with Crippen molar-refractivity contribution in [3.63, 3.8) is 0 Å². The van der Waals surface area contributed by atoms with Gasteiger partial charge in [-0.3, -0.25) is 9.79 Å². The molecule has 188 valence electrons. The lowest BCUT2D eigenvalue weighted by molar-refractivity contribution is -0.303. The van der Waals surface area contributed by atoms with E-state index in [2.05, 4.69) is 29.2 Å². The van der Waals surface area contributed by atoms with Gasteiger partial charge in [0.15, 0.2) is 0 Å². The predicted molar refractivity (Wildman–Crippen MR) is 133 cm³/mol. The number of amides is 1. The zero-order chi connectivity index (χ0) is 26.3. The van der Waals surface area contributed by atoms with E-state index in [1.165, 1.54) is 18.2 Å². The summed E-state index contributed by atoms with van der Waals surface area (Å²) in [5.74, 6) is -0.247. The summed E-state index contributed by atoms with van der Waals surface area (Å²) in [5.41, 5.74) is 1.20. The van der Waals surface area contributed by atoms with Crippen molar-refractivity contribution in [3.8, 4) is 18.6 Å². The molecule has 1 amide bonds. The molecule has 5 nitrogen and oxygen atoms in total. The number of ether oxygens (including phenoxy) is 2. The first-order valence-corrected chi connectivity index (χ1v) is 11.0. The van der Waals surface area contributed by atoms with E-state index in [4.69, 9.17) is 4.74 Å². The van der Waals surface area contributed by atoms with E-state index in [-0.39, 0.29) is 24.0 Å². The maximum atomic E-state index is 13.1. The molecular formula is C27H31F3N2O3. The van der Waals surface area contributed by atoms with Crippen LogP contribution in [0.5, 0.6) is 5.75 Å². The fourth-order valence-electron chi connectivity index (χ4n) is 3.10. The highest BCUT2D eigenvalue weighted by molar-refractivity contribution is 5.97. The third-order valence-corrected chi connectivity index (χ3v) is 4.82. The van der Waals surface area contributed by atoms with Gasteiger partial charge in [-0.15, -0.1) is 32.6 Å². The number of benzene rings is 1. The molecule has 1 aliphatic rings. The number of carbonyl (C=O) groups excluding carboxylic acids is 1. The van der Waals surface area contributed by atoms with Crippen molar-refractivity contribution in [2.45, 2.75) is 32.5 Å². The summed E-state index contributed by atoms with van der Waals surface area (Å²) in [6, 6.07) is 5.25. The zero-order valence-corrected chi connectivity index (χ0v) is 20.0. The molecule has 35 heavy (non-hydrogen) atoms. The van der Waals surface area contributed by atoms with Gasteiger partial charge in [0, 0.05) is 12.8 Å². The lowest BCUT2D eigenvalue weighted by Crippen LogP contribution is -2.34. The van der Waals surface area contributed by atoms with Crippen LogP contribution in [0.1, 0.15) is 42.1 Å². The van der Waals surface area contributed by atoms with E-state index in [1.54, 1.807) is 35.4 Å². The number of halogens is 3. The van der Waals surface area contributed by atoms with Gasteiger partial charge in [-0.05, 0) is 55.2 Å². The van der Waals surface area contributed by atoms with Crippen molar-refractivity contribution in [3.05, 3.63) is 78.1 Å². The summed E-state index contributed by atoms with van der Waals surface area (Å²) in [6.07, 6.45) is 14.5. The number of hydrogen-bond donors (Lipinski definition) is 0. The van der Waals surface area contributed by atoms with Crippen LogP contribution >= 0.6 is 0 Å².